The van der Waals surface area contributed by atoms with E-state index in [1.807, 2.05) is 36.1 Å². The van der Waals surface area contributed by atoms with Gasteiger partial charge in [0.2, 0.25) is 0 Å². The molecule has 2 rings (SSSR count). The molecule has 3 nitrogen and oxygen atoms in total. The Balaban J connectivity index is 2.15. The number of nitrogens with zero attached hydrogens (tertiary/aromatic N) is 1. The number of likely N-dealkylation sites (tertiary alicyclic amines) is 1. The number of amides is 1. The first-order chi connectivity index (χ1) is 9.13. The van der Waals surface area contributed by atoms with Gasteiger partial charge in [-0.1, -0.05) is 25.1 Å². The van der Waals surface area contributed by atoms with Crippen LogP contribution < -0.4 is 5.73 Å². The van der Waals surface area contributed by atoms with E-state index in [4.69, 9.17) is 5.73 Å². The fourth-order valence-electron chi connectivity index (χ4n) is 2.83. The number of benzene rings is 1. The second-order valence-electron chi connectivity index (χ2n) is 5.52. The average molecular weight is 260 g/mol. The molecule has 104 valence electrons. The first kappa shape index (κ1) is 14.1. The molecule has 19 heavy (non-hydrogen) atoms. The summed E-state index contributed by atoms with van der Waals surface area (Å²) < 4.78 is 0. The summed E-state index contributed by atoms with van der Waals surface area (Å²) in [6, 6.07) is 8.09. The van der Waals surface area contributed by atoms with Crippen molar-refractivity contribution in [2.45, 2.75) is 39.2 Å². The van der Waals surface area contributed by atoms with E-state index in [1.54, 1.807) is 0 Å². The van der Waals surface area contributed by atoms with Crippen LogP contribution in [0.3, 0.4) is 0 Å². The third kappa shape index (κ3) is 3.16. The summed E-state index contributed by atoms with van der Waals surface area (Å²) in [5.41, 5.74) is 7.98. The summed E-state index contributed by atoms with van der Waals surface area (Å²) in [5, 5.41) is 0. The van der Waals surface area contributed by atoms with Gasteiger partial charge in [0, 0.05) is 24.7 Å². The van der Waals surface area contributed by atoms with Crippen molar-refractivity contribution >= 4 is 5.91 Å². The number of hydrogen-bond donors (Lipinski definition) is 1. The molecule has 1 fully saturated rings. The highest BCUT2D eigenvalue weighted by atomic mass is 16.2. The van der Waals surface area contributed by atoms with Gasteiger partial charge in [-0.3, -0.25) is 4.79 Å². The Morgan fingerprint density at radius 2 is 2.21 bits per heavy atom. The second-order valence-corrected chi connectivity index (χ2v) is 5.52. The van der Waals surface area contributed by atoms with Crippen molar-refractivity contribution in [1.82, 2.24) is 4.90 Å². The zero-order valence-corrected chi connectivity index (χ0v) is 11.9. The van der Waals surface area contributed by atoms with E-state index >= 15 is 0 Å². The monoisotopic (exact) mass is 260 g/mol. The zero-order chi connectivity index (χ0) is 13.8. The Morgan fingerprint density at radius 1 is 1.47 bits per heavy atom. The minimum Gasteiger partial charge on any atom is -0.338 e. The number of carbonyl (C=O) groups is 1. The zero-order valence-electron chi connectivity index (χ0n) is 11.9. The van der Waals surface area contributed by atoms with Gasteiger partial charge in [0.25, 0.3) is 5.91 Å². The summed E-state index contributed by atoms with van der Waals surface area (Å²) in [6.07, 6.45) is 3.09. The molecular formula is C16H24N2O. The van der Waals surface area contributed by atoms with E-state index in [2.05, 4.69) is 6.92 Å². The lowest BCUT2D eigenvalue weighted by Gasteiger charge is -2.35. The van der Waals surface area contributed by atoms with E-state index in [0.29, 0.717) is 5.92 Å². The van der Waals surface area contributed by atoms with Crippen LogP contribution in [0.1, 0.15) is 42.6 Å². The Hall–Kier alpha value is -1.35. The molecule has 0 saturated carbocycles. The highest BCUT2D eigenvalue weighted by Gasteiger charge is 2.27. The highest BCUT2D eigenvalue weighted by Crippen LogP contribution is 2.21. The third-order valence-corrected chi connectivity index (χ3v) is 4.12. The van der Waals surface area contributed by atoms with E-state index in [1.165, 1.54) is 0 Å². The molecule has 1 aromatic carbocycles. The van der Waals surface area contributed by atoms with Crippen molar-refractivity contribution in [3.63, 3.8) is 0 Å². The predicted octanol–water partition coefficient (Wildman–Crippen LogP) is 2.45. The van der Waals surface area contributed by atoms with Crippen LogP contribution >= 0.6 is 0 Å². The largest absolute Gasteiger partial charge is 0.338 e. The Labute approximate surface area is 115 Å². The lowest BCUT2D eigenvalue weighted by molar-refractivity contribution is 0.0660. The number of aryl methyl sites for hydroxylation is 1. The number of carbonyl (C=O) groups excluding carboxylic acids is 1. The van der Waals surface area contributed by atoms with Crippen molar-refractivity contribution in [3.8, 4) is 0 Å². The number of nitrogens with two attached hydrogens (primary N) is 1. The van der Waals surface area contributed by atoms with Crippen LogP contribution in [0.4, 0.5) is 0 Å². The van der Waals surface area contributed by atoms with Crippen molar-refractivity contribution in [3.05, 3.63) is 35.4 Å². The topological polar surface area (TPSA) is 46.3 Å². The molecule has 1 aromatic rings. The van der Waals surface area contributed by atoms with Crippen molar-refractivity contribution < 1.29 is 4.79 Å². The van der Waals surface area contributed by atoms with E-state index in [9.17, 15) is 4.79 Å². The van der Waals surface area contributed by atoms with Crippen LogP contribution in [-0.4, -0.2) is 29.9 Å². The third-order valence-electron chi connectivity index (χ3n) is 4.12. The fraction of sp³-hybridized carbons (Fsp3) is 0.562. The van der Waals surface area contributed by atoms with Gasteiger partial charge in [-0.25, -0.2) is 0 Å². The number of piperidine rings is 1. The van der Waals surface area contributed by atoms with Gasteiger partial charge in [0.1, 0.15) is 0 Å². The van der Waals surface area contributed by atoms with Crippen LogP contribution in [-0.2, 0) is 6.42 Å². The Kier molecular flexibility index (Phi) is 4.59. The summed E-state index contributed by atoms with van der Waals surface area (Å²) >= 11 is 0. The molecule has 1 aliphatic heterocycles. The minimum absolute atomic E-state index is 0.164. The Morgan fingerprint density at radius 3 is 2.89 bits per heavy atom. The molecule has 1 heterocycles. The molecular weight excluding hydrogens is 236 g/mol. The molecule has 0 spiro atoms. The van der Waals surface area contributed by atoms with Crippen LogP contribution in [0.15, 0.2) is 24.3 Å². The van der Waals surface area contributed by atoms with Crippen LogP contribution in [0.25, 0.3) is 0 Å². The summed E-state index contributed by atoms with van der Waals surface area (Å²) in [5.74, 6) is 0.606. The summed E-state index contributed by atoms with van der Waals surface area (Å²) in [6.45, 7) is 5.79. The van der Waals surface area contributed by atoms with Crippen LogP contribution in [0.2, 0.25) is 0 Å². The number of hydrogen-bond acceptors (Lipinski definition) is 2. The first-order valence-corrected chi connectivity index (χ1v) is 7.26. The smallest absolute Gasteiger partial charge is 0.254 e. The van der Waals surface area contributed by atoms with Gasteiger partial charge in [-0.2, -0.15) is 0 Å². The van der Waals surface area contributed by atoms with Gasteiger partial charge < -0.3 is 10.6 Å². The van der Waals surface area contributed by atoms with E-state index < -0.39 is 0 Å². The SMILES string of the molecule is CCc1ccccc1C(=O)N1CCCC(C(C)N)C1. The Bertz CT molecular complexity index is 442. The molecule has 0 aromatic heterocycles. The van der Waals surface area contributed by atoms with Crippen molar-refractivity contribution in [1.29, 1.82) is 0 Å². The highest BCUT2D eigenvalue weighted by molar-refractivity contribution is 5.95. The maximum Gasteiger partial charge on any atom is 0.254 e. The first-order valence-electron chi connectivity index (χ1n) is 7.26. The maximum absolute atomic E-state index is 12.6. The predicted molar refractivity (Wildman–Crippen MR) is 78.1 cm³/mol. The van der Waals surface area contributed by atoms with Gasteiger partial charge in [0.05, 0.1) is 0 Å². The molecule has 2 unspecified atom stereocenters. The number of rotatable bonds is 3. The average Bonchev–Trinajstić information content (AvgIpc) is 2.46. The molecule has 2 atom stereocenters. The maximum atomic E-state index is 12.6. The van der Waals surface area contributed by atoms with Gasteiger partial charge in [0.15, 0.2) is 0 Å². The quantitative estimate of drug-likeness (QED) is 0.907. The van der Waals surface area contributed by atoms with Crippen LogP contribution in [0, 0.1) is 5.92 Å². The molecule has 1 aliphatic rings. The van der Waals surface area contributed by atoms with Gasteiger partial charge in [-0.05, 0) is 43.7 Å². The lowest BCUT2D eigenvalue weighted by atomic mass is 9.91. The van der Waals surface area contributed by atoms with E-state index in [0.717, 1.165) is 43.5 Å². The normalized spacial score (nSPS) is 21.2. The van der Waals surface area contributed by atoms with Gasteiger partial charge >= 0.3 is 0 Å². The standard InChI is InChI=1S/C16H24N2O/c1-3-13-7-4-5-9-15(13)16(19)18-10-6-8-14(11-18)12(2)17/h4-5,7,9,12,14H,3,6,8,10-11,17H2,1-2H3. The molecule has 0 radical (unpaired) electrons. The molecule has 3 heteroatoms. The molecule has 0 bridgehead atoms. The summed E-state index contributed by atoms with van der Waals surface area (Å²) in [4.78, 5) is 14.6. The second kappa shape index (κ2) is 6.20. The minimum atomic E-state index is 0.164. The molecule has 1 amide bonds. The van der Waals surface area contributed by atoms with Crippen LogP contribution in [0.5, 0.6) is 0 Å². The molecule has 0 aliphatic carbocycles. The van der Waals surface area contributed by atoms with E-state index in [-0.39, 0.29) is 11.9 Å². The van der Waals surface area contributed by atoms with Crippen molar-refractivity contribution in [2.75, 3.05) is 13.1 Å². The summed E-state index contributed by atoms with van der Waals surface area (Å²) in [7, 11) is 0. The lowest BCUT2D eigenvalue weighted by Crippen LogP contribution is -2.45. The molecule has 1 saturated heterocycles. The van der Waals surface area contributed by atoms with Gasteiger partial charge in [-0.15, -0.1) is 0 Å². The van der Waals surface area contributed by atoms with Crippen molar-refractivity contribution in [2.24, 2.45) is 11.7 Å². The fourth-order valence-corrected chi connectivity index (χ4v) is 2.83. The molecule has 2 N–H and O–H groups in total.